The lowest BCUT2D eigenvalue weighted by atomic mass is 10.1. The number of hydrogen-bond donors (Lipinski definition) is 2. The van der Waals surface area contributed by atoms with E-state index in [1.807, 2.05) is 6.92 Å². The van der Waals surface area contributed by atoms with Crippen molar-refractivity contribution < 1.29 is 19.4 Å². The van der Waals surface area contributed by atoms with Crippen LogP contribution in [0.4, 0.5) is 5.69 Å². The summed E-state index contributed by atoms with van der Waals surface area (Å²) >= 11 is 0. The van der Waals surface area contributed by atoms with Gasteiger partial charge in [-0.1, -0.05) is 12.1 Å². The monoisotopic (exact) mass is 287 g/mol. The molecule has 5 heteroatoms. The maximum Gasteiger partial charge on any atom is 0.263 e. The molecule has 0 bridgehead atoms. The van der Waals surface area contributed by atoms with E-state index in [0.717, 1.165) is 5.56 Å². The predicted molar refractivity (Wildman–Crippen MR) is 80.3 cm³/mol. The number of hydrogen-bond acceptors (Lipinski definition) is 4. The Balaban J connectivity index is 2.36. The van der Waals surface area contributed by atoms with E-state index in [4.69, 9.17) is 9.47 Å². The Kier molecular flexibility index (Phi) is 4.33. The summed E-state index contributed by atoms with van der Waals surface area (Å²) < 4.78 is 10.4. The normalized spacial score (nSPS) is 10.0. The van der Waals surface area contributed by atoms with Crippen LogP contribution in [-0.2, 0) is 0 Å². The van der Waals surface area contributed by atoms with Gasteiger partial charge in [0.05, 0.1) is 19.9 Å². The molecule has 5 nitrogen and oxygen atoms in total. The third kappa shape index (κ3) is 3.08. The molecule has 0 aliphatic carbocycles. The van der Waals surface area contributed by atoms with Crippen molar-refractivity contribution in [1.82, 2.24) is 0 Å². The molecule has 0 saturated heterocycles. The summed E-state index contributed by atoms with van der Waals surface area (Å²) in [7, 11) is 2.96. The maximum atomic E-state index is 12.4. The fourth-order valence-electron chi connectivity index (χ4n) is 2.01. The minimum atomic E-state index is -0.413. The van der Waals surface area contributed by atoms with Gasteiger partial charge in [0.15, 0.2) is 0 Å². The van der Waals surface area contributed by atoms with E-state index in [0.29, 0.717) is 17.2 Å². The minimum Gasteiger partial charge on any atom is -0.506 e. The first-order valence-corrected chi connectivity index (χ1v) is 6.38. The Labute approximate surface area is 123 Å². The van der Waals surface area contributed by atoms with Crippen molar-refractivity contribution in [2.75, 3.05) is 19.5 Å². The number of aromatic hydroxyl groups is 1. The van der Waals surface area contributed by atoms with E-state index in [1.165, 1.54) is 14.2 Å². The molecule has 0 aliphatic rings. The van der Waals surface area contributed by atoms with Crippen LogP contribution in [0, 0.1) is 6.92 Å². The van der Waals surface area contributed by atoms with Crippen LogP contribution in [0.1, 0.15) is 15.9 Å². The van der Waals surface area contributed by atoms with Crippen LogP contribution >= 0.6 is 0 Å². The number of rotatable bonds is 4. The third-order valence-electron chi connectivity index (χ3n) is 3.06. The molecule has 0 atom stereocenters. The Hall–Kier alpha value is -2.69. The van der Waals surface area contributed by atoms with E-state index in [-0.39, 0.29) is 11.3 Å². The first kappa shape index (κ1) is 14.7. The smallest absolute Gasteiger partial charge is 0.263 e. The molecule has 0 heterocycles. The fourth-order valence-corrected chi connectivity index (χ4v) is 2.01. The molecule has 0 unspecified atom stereocenters. The second-order valence-electron chi connectivity index (χ2n) is 4.51. The van der Waals surface area contributed by atoms with E-state index < -0.39 is 5.91 Å². The molecule has 1 amide bonds. The molecule has 21 heavy (non-hydrogen) atoms. The summed E-state index contributed by atoms with van der Waals surface area (Å²) in [4.78, 5) is 12.4. The van der Waals surface area contributed by atoms with E-state index in [2.05, 4.69) is 5.32 Å². The van der Waals surface area contributed by atoms with Crippen LogP contribution in [0.5, 0.6) is 17.2 Å². The van der Waals surface area contributed by atoms with Gasteiger partial charge in [-0.2, -0.15) is 0 Å². The molecule has 0 radical (unpaired) electrons. The molecule has 0 fully saturated rings. The van der Waals surface area contributed by atoms with E-state index >= 15 is 0 Å². The number of aryl methyl sites for hydroxylation is 1. The van der Waals surface area contributed by atoms with E-state index in [9.17, 15) is 9.90 Å². The zero-order chi connectivity index (χ0) is 15.4. The van der Waals surface area contributed by atoms with Crippen LogP contribution in [0.3, 0.4) is 0 Å². The zero-order valence-corrected chi connectivity index (χ0v) is 12.1. The molecule has 110 valence electrons. The van der Waals surface area contributed by atoms with Gasteiger partial charge in [0.1, 0.15) is 22.8 Å². The molecule has 0 saturated carbocycles. The Morgan fingerprint density at radius 1 is 1.10 bits per heavy atom. The highest BCUT2D eigenvalue weighted by atomic mass is 16.5. The molecule has 0 aromatic heterocycles. The number of ether oxygens (including phenoxy) is 2. The summed E-state index contributed by atoms with van der Waals surface area (Å²) in [5.41, 5.74) is 1.52. The number of benzene rings is 2. The number of methoxy groups -OCH3 is 2. The second kappa shape index (κ2) is 6.17. The largest absolute Gasteiger partial charge is 0.506 e. The highest BCUT2D eigenvalue weighted by molar-refractivity contribution is 6.08. The third-order valence-corrected chi connectivity index (χ3v) is 3.06. The first-order chi connectivity index (χ1) is 10.1. The molecule has 2 aromatic rings. The highest BCUT2D eigenvalue weighted by Crippen LogP contribution is 2.31. The molecule has 0 spiro atoms. The van der Waals surface area contributed by atoms with Gasteiger partial charge >= 0.3 is 0 Å². The number of carbonyl (C=O) groups is 1. The molecule has 2 N–H and O–H groups in total. The fraction of sp³-hybridized carbons (Fsp3) is 0.188. The van der Waals surface area contributed by atoms with Gasteiger partial charge in [-0.3, -0.25) is 4.79 Å². The topological polar surface area (TPSA) is 67.8 Å². The lowest BCUT2D eigenvalue weighted by molar-refractivity contribution is 0.102. The lowest BCUT2D eigenvalue weighted by Crippen LogP contribution is -2.14. The molecule has 2 rings (SSSR count). The van der Waals surface area contributed by atoms with Gasteiger partial charge in [0, 0.05) is 0 Å². The van der Waals surface area contributed by atoms with E-state index in [1.54, 1.807) is 36.4 Å². The highest BCUT2D eigenvalue weighted by Gasteiger charge is 2.19. The number of carbonyl (C=O) groups excluding carboxylic acids is 1. The van der Waals surface area contributed by atoms with Crippen LogP contribution in [0.15, 0.2) is 36.4 Å². The second-order valence-corrected chi connectivity index (χ2v) is 4.51. The van der Waals surface area contributed by atoms with Gasteiger partial charge in [0.25, 0.3) is 5.91 Å². The molecular weight excluding hydrogens is 270 g/mol. The predicted octanol–water partition coefficient (Wildman–Crippen LogP) is 2.97. The number of phenolic OH excluding ortho intramolecular Hbond substituents is 1. The van der Waals surface area contributed by atoms with Crippen molar-refractivity contribution in [3.63, 3.8) is 0 Å². The van der Waals surface area contributed by atoms with Gasteiger partial charge in [0.2, 0.25) is 0 Å². The summed E-state index contributed by atoms with van der Waals surface area (Å²) in [6, 6.07) is 10.1. The average molecular weight is 287 g/mol. The Bertz CT molecular complexity index is 645. The summed E-state index contributed by atoms with van der Waals surface area (Å²) in [5.74, 6) is 0.401. The van der Waals surface area contributed by atoms with Crippen LogP contribution in [-0.4, -0.2) is 25.2 Å². The summed E-state index contributed by atoms with van der Waals surface area (Å²) in [6.45, 7) is 1.86. The minimum absolute atomic E-state index is 0.0113. The standard InChI is InChI=1S/C16H17NO4/c1-10-7-8-11(12(18)9-10)17-16(19)15-13(20-2)5-4-6-14(15)21-3/h4-9,18H,1-3H3,(H,17,19). The van der Waals surface area contributed by atoms with Gasteiger partial charge in [-0.05, 0) is 36.8 Å². The van der Waals surface area contributed by atoms with Crippen molar-refractivity contribution in [2.45, 2.75) is 6.92 Å². The molecule has 0 aliphatic heterocycles. The lowest BCUT2D eigenvalue weighted by Gasteiger charge is -2.13. The van der Waals surface area contributed by atoms with Crippen molar-refractivity contribution in [1.29, 1.82) is 0 Å². The quantitative estimate of drug-likeness (QED) is 0.848. The van der Waals surface area contributed by atoms with Crippen molar-refractivity contribution in [3.05, 3.63) is 47.5 Å². The number of phenols is 1. The average Bonchev–Trinajstić information content (AvgIpc) is 2.49. The van der Waals surface area contributed by atoms with Gasteiger partial charge in [-0.15, -0.1) is 0 Å². The number of amides is 1. The Morgan fingerprint density at radius 2 is 1.71 bits per heavy atom. The summed E-state index contributed by atoms with van der Waals surface area (Å²) in [5, 5.41) is 12.5. The van der Waals surface area contributed by atoms with Crippen LogP contribution in [0.2, 0.25) is 0 Å². The molecule has 2 aromatic carbocycles. The SMILES string of the molecule is COc1cccc(OC)c1C(=O)Nc1ccc(C)cc1O. The summed E-state index contributed by atoms with van der Waals surface area (Å²) in [6.07, 6.45) is 0. The van der Waals surface area contributed by atoms with Crippen LogP contribution in [0.25, 0.3) is 0 Å². The van der Waals surface area contributed by atoms with Crippen molar-refractivity contribution in [2.24, 2.45) is 0 Å². The van der Waals surface area contributed by atoms with Crippen LogP contribution < -0.4 is 14.8 Å². The first-order valence-electron chi connectivity index (χ1n) is 6.38. The molecular formula is C16H17NO4. The Morgan fingerprint density at radius 3 is 2.24 bits per heavy atom. The van der Waals surface area contributed by atoms with Crippen molar-refractivity contribution >= 4 is 11.6 Å². The zero-order valence-electron chi connectivity index (χ0n) is 12.1. The number of anilines is 1. The van der Waals surface area contributed by atoms with Crippen molar-refractivity contribution in [3.8, 4) is 17.2 Å². The van der Waals surface area contributed by atoms with Gasteiger partial charge < -0.3 is 19.9 Å². The number of nitrogens with one attached hydrogen (secondary N) is 1. The maximum absolute atomic E-state index is 12.4. The van der Waals surface area contributed by atoms with Gasteiger partial charge in [-0.25, -0.2) is 0 Å².